The minimum atomic E-state index is 0.118. The van der Waals surface area contributed by atoms with Gasteiger partial charge in [-0.05, 0) is 25.0 Å². The fourth-order valence-corrected chi connectivity index (χ4v) is 1.68. The van der Waals surface area contributed by atoms with E-state index in [9.17, 15) is 4.79 Å². The van der Waals surface area contributed by atoms with Crippen LogP contribution >= 0.6 is 0 Å². The number of aromatic amines is 1. The molecule has 0 fully saturated rings. The predicted octanol–water partition coefficient (Wildman–Crippen LogP) is 2.73. The Morgan fingerprint density at radius 3 is 2.50 bits per heavy atom. The fourth-order valence-electron chi connectivity index (χ4n) is 1.68. The van der Waals surface area contributed by atoms with Gasteiger partial charge >= 0.3 is 0 Å². The summed E-state index contributed by atoms with van der Waals surface area (Å²) in [5.74, 6) is 0.603. The quantitative estimate of drug-likeness (QED) is 0.783. The summed E-state index contributed by atoms with van der Waals surface area (Å²) in [6, 6.07) is 2.04. The highest BCUT2D eigenvalue weighted by molar-refractivity contribution is 5.82. The van der Waals surface area contributed by atoms with Crippen LogP contribution in [0.25, 0.3) is 0 Å². The smallest absolute Gasteiger partial charge is 0.138 e. The second-order valence-electron chi connectivity index (χ2n) is 4.30. The van der Waals surface area contributed by atoms with Crippen LogP contribution in [0, 0.1) is 18.8 Å². The van der Waals surface area contributed by atoms with E-state index in [0.29, 0.717) is 5.78 Å². The lowest BCUT2D eigenvalue weighted by Crippen LogP contribution is -2.19. The number of carbonyl (C=O) groups is 1. The maximum atomic E-state index is 11.7. The van der Waals surface area contributed by atoms with Gasteiger partial charge in [0, 0.05) is 23.7 Å². The number of aryl methyl sites for hydroxylation is 1. The van der Waals surface area contributed by atoms with E-state index in [1.165, 1.54) is 11.3 Å². The molecule has 0 aromatic carbocycles. The van der Waals surface area contributed by atoms with Crippen LogP contribution < -0.4 is 0 Å². The van der Waals surface area contributed by atoms with Crippen molar-refractivity contribution in [3.05, 3.63) is 23.5 Å². The van der Waals surface area contributed by atoms with E-state index < -0.39 is 0 Å². The Morgan fingerprint density at radius 1 is 1.43 bits per heavy atom. The third kappa shape index (κ3) is 2.47. The third-order valence-electron chi connectivity index (χ3n) is 2.63. The van der Waals surface area contributed by atoms with Crippen molar-refractivity contribution in [3.63, 3.8) is 0 Å². The van der Waals surface area contributed by atoms with Gasteiger partial charge in [0.1, 0.15) is 5.78 Å². The molecule has 0 saturated carbocycles. The van der Waals surface area contributed by atoms with Crippen LogP contribution in [0.2, 0.25) is 0 Å². The van der Waals surface area contributed by atoms with Gasteiger partial charge in [-0.3, -0.25) is 4.79 Å². The van der Waals surface area contributed by atoms with Crippen molar-refractivity contribution in [1.29, 1.82) is 0 Å². The van der Waals surface area contributed by atoms with Gasteiger partial charge in [0.15, 0.2) is 0 Å². The number of nitrogens with one attached hydrogen (secondary N) is 1. The summed E-state index contributed by atoms with van der Waals surface area (Å²) in [7, 11) is 0. The van der Waals surface area contributed by atoms with Crippen LogP contribution in [-0.2, 0) is 11.2 Å². The summed E-state index contributed by atoms with van der Waals surface area (Å²) >= 11 is 0. The Balaban J connectivity index is 2.62. The third-order valence-corrected chi connectivity index (χ3v) is 2.63. The lowest BCUT2D eigenvalue weighted by atomic mass is 9.92. The molecule has 1 aromatic heterocycles. The van der Waals surface area contributed by atoms with E-state index in [1.54, 1.807) is 0 Å². The molecule has 1 rings (SSSR count). The monoisotopic (exact) mass is 193 g/mol. The molecular weight excluding hydrogens is 174 g/mol. The average molecular weight is 193 g/mol. The van der Waals surface area contributed by atoms with Gasteiger partial charge in [0.05, 0.1) is 0 Å². The summed E-state index contributed by atoms with van der Waals surface area (Å²) in [6.07, 6.45) is 2.76. The number of aromatic nitrogens is 1. The first-order valence-corrected chi connectivity index (χ1v) is 5.19. The van der Waals surface area contributed by atoms with Gasteiger partial charge in [0.25, 0.3) is 0 Å². The highest BCUT2D eigenvalue weighted by Gasteiger charge is 2.17. The predicted molar refractivity (Wildman–Crippen MR) is 58.2 cm³/mol. The molecule has 0 aliphatic rings. The Bertz CT molecular complexity index is 312. The molecule has 0 saturated heterocycles. The normalized spacial score (nSPS) is 13.2. The number of ketones is 1. The molecule has 0 aliphatic heterocycles. The first kappa shape index (κ1) is 11.0. The van der Waals surface area contributed by atoms with Gasteiger partial charge in [-0.2, -0.15) is 0 Å². The summed E-state index contributed by atoms with van der Waals surface area (Å²) in [4.78, 5) is 14.8. The second-order valence-corrected chi connectivity index (χ2v) is 4.30. The molecule has 78 valence electrons. The van der Waals surface area contributed by atoms with Gasteiger partial charge in [-0.15, -0.1) is 0 Å². The van der Waals surface area contributed by atoms with Crippen LogP contribution in [-0.4, -0.2) is 10.8 Å². The molecule has 1 aromatic rings. The largest absolute Gasteiger partial charge is 0.365 e. The number of H-pyrrole nitrogens is 1. The van der Waals surface area contributed by atoms with E-state index in [4.69, 9.17) is 0 Å². The number of hydrogen-bond donors (Lipinski definition) is 1. The average Bonchev–Trinajstić information content (AvgIpc) is 2.50. The zero-order chi connectivity index (χ0) is 10.7. The minimum absolute atomic E-state index is 0.118. The second kappa shape index (κ2) is 4.45. The Morgan fingerprint density at radius 2 is 2.07 bits per heavy atom. The topological polar surface area (TPSA) is 32.9 Å². The molecule has 2 heteroatoms. The highest BCUT2D eigenvalue weighted by atomic mass is 16.1. The van der Waals surface area contributed by atoms with Crippen molar-refractivity contribution < 1.29 is 4.79 Å². The Kier molecular flexibility index (Phi) is 3.50. The zero-order valence-corrected chi connectivity index (χ0v) is 9.42. The van der Waals surface area contributed by atoms with Gasteiger partial charge in [-0.25, -0.2) is 0 Å². The zero-order valence-electron chi connectivity index (χ0n) is 9.42. The lowest BCUT2D eigenvalue weighted by molar-refractivity contribution is -0.125. The van der Waals surface area contributed by atoms with Crippen molar-refractivity contribution >= 4 is 5.78 Å². The van der Waals surface area contributed by atoms with E-state index >= 15 is 0 Å². The fraction of sp³-hybridized carbons (Fsp3) is 0.583. The number of Topliss-reactive ketones (excluding diaryl/α,β-unsaturated/α-hetero) is 1. The molecule has 0 spiro atoms. The number of hydrogen-bond acceptors (Lipinski definition) is 1. The summed E-state index contributed by atoms with van der Waals surface area (Å²) < 4.78 is 0. The van der Waals surface area contributed by atoms with Crippen molar-refractivity contribution in [2.45, 2.75) is 34.1 Å². The minimum Gasteiger partial charge on any atom is -0.365 e. The van der Waals surface area contributed by atoms with Gasteiger partial charge in [0.2, 0.25) is 0 Å². The van der Waals surface area contributed by atoms with Crippen LogP contribution in [0.5, 0.6) is 0 Å². The van der Waals surface area contributed by atoms with E-state index in [1.807, 2.05) is 33.0 Å². The summed E-state index contributed by atoms with van der Waals surface area (Å²) in [5, 5.41) is 0. The first-order chi connectivity index (χ1) is 6.52. The van der Waals surface area contributed by atoms with Crippen LogP contribution in [0.1, 0.15) is 32.0 Å². The molecule has 1 heterocycles. The molecule has 1 unspecified atom stereocenters. The summed E-state index contributed by atoms with van der Waals surface area (Å²) in [5.41, 5.74) is 2.43. The molecule has 0 bridgehead atoms. The summed E-state index contributed by atoms with van der Waals surface area (Å²) in [6.45, 7) is 7.99. The standard InChI is InChI=1S/C12H19NO/c1-8(2)12(14)10(4)7-11-9(3)5-6-13-11/h5-6,8,10,13H,7H2,1-4H3. The lowest BCUT2D eigenvalue weighted by Gasteiger charge is -2.12. The SMILES string of the molecule is Cc1cc[nH]c1CC(C)C(=O)C(C)C. The van der Waals surface area contributed by atoms with Crippen molar-refractivity contribution in [1.82, 2.24) is 4.98 Å². The van der Waals surface area contributed by atoms with Crippen molar-refractivity contribution in [3.8, 4) is 0 Å². The molecule has 1 N–H and O–H groups in total. The number of carbonyl (C=O) groups excluding carboxylic acids is 1. The molecule has 2 nitrogen and oxygen atoms in total. The molecule has 0 aliphatic carbocycles. The van der Waals surface area contributed by atoms with E-state index in [0.717, 1.165) is 6.42 Å². The van der Waals surface area contributed by atoms with Crippen LogP contribution in [0.15, 0.2) is 12.3 Å². The Labute approximate surface area is 85.7 Å². The highest BCUT2D eigenvalue weighted by Crippen LogP contribution is 2.14. The van der Waals surface area contributed by atoms with Gasteiger partial charge < -0.3 is 4.98 Å². The molecule has 0 amide bonds. The molecule has 0 radical (unpaired) electrons. The van der Waals surface area contributed by atoms with Crippen LogP contribution in [0.3, 0.4) is 0 Å². The van der Waals surface area contributed by atoms with E-state index in [2.05, 4.69) is 11.9 Å². The Hall–Kier alpha value is -1.05. The maximum absolute atomic E-state index is 11.7. The molecule has 1 atom stereocenters. The first-order valence-electron chi connectivity index (χ1n) is 5.19. The van der Waals surface area contributed by atoms with Crippen LogP contribution in [0.4, 0.5) is 0 Å². The van der Waals surface area contributed by atoms with Crippen molar-refractivity contribution in [2.75, 3.05) is 0 Å². The molecular formula is C12H19NO. The molecule has 14 heavy (non-hydrogen) atoms. The van der Waals surface area contributed by atoms with Gasteiger partial charge in [-0.1, -0.05) is 20.8 Å². The van der Waals surface area contributed by atoms with E-state index in [-0.39, 0.29) is 11.8 Å². The number of rotatable bonds is 4. The maximum Gasteiger partial charge on any atom is 0.138 e. The van der Waals surface area contributed by atoms with Crippen molar-refractivity contribution in [2.24, 2.45) is 11.8 Å².